The van der Waals surface area contributed by atoms with E-state index in [-0.39, 0.29) is 30.2 Å². The fraction of sp³-hybridized carbons (Fsp3) is 0.423. The summed E-state index contributed by atoms with van der Waals surface area (Å²) in [7, 11) is 0. The number of nitrogens with zero attached hydrogens (tertiary/aromatic N) is 2. The second kappa shape index (κ2) is 10.9. The second-order valence-electron chi connectivity index (χ2n) is 8.55. The number of hydrogen-bond donors (Lipinski definition) is 1. The van der Waals surface area contributed by atoms with Crippen molar-refractivity contribution in [3.8, 4) is 11.1 Å². The van der Waals surface area contributed by atoms with Crippen LogP contribution in [0.3, 0.4) is 0 Å². The lowest BCUT2D eigenvalue weighted by molar-refractivity contribution is -0.135. The van der Waals surface area contributed by atoms with Gasteiger partial charge >= 0.3 is 0 Å². The zero-order valence-corrected chi connectivity index (χ0v) is 19.3. The molecule has 170 valence electrons. The number of hydrogen-bond acceptors (Lipinski definition) is 3. The highest BCUT2D eigenvalue weighted by Crippen LogP contribution is 2.24. The first-order valence-corrected chi connectivity index (χ1v) is 11.3. The van der Waals surface area contributed by atoms with Crippen molar-refractivity contribution in [1.29, 1.82) is 0 Å². The van der Waals surface area contributed by atoms with E-state index in [1.807, 2.05) is 23.1 Å². The summed E-state index contributed by atoms with van der Waals surface area (Å²) in [4.78, 5) is 40.8. The van der Waals surface area contributed by atoms with Gasteiger partial charge in [0.05, 0.1) is 12.5 Å². The van der Waals surface area contributed by atoms with Crippen molar-refractivity contribution in [2.45, 2.75) is 33.6 Å². The number of carbonyl (C=O) groups excluding carboxylic acids is 3. The van der Waals surface area contributed by atoms with Crippen molar-refractivity contribution in [2.75, 3.05) is 32.7 Å². The topological polar surface area (TPSA) is 69.7 Å². The first-order valence-electron chi connectivity index (χ1n) is 11.3. The fourth-order valence-corrected chi connectivity index (χ4v) is 4.21. The van der Waals surface area contributed by atoms with Crippen molar-refractivity contribution >= 4 is 17.7 Å². The van der Waals surface area contributed by atoms with Crippen LogP contribution in [0.2, 0.25) is 0 Å². The third kappa shape index (κ3) is 6.19. The molecule has 3 rings (SSSR count). The van der Waals surface area contributed by atoms with Crippen LogP contribution in [0.25, 0.3) is 11.1 Å². The summed E-state index contributed by atoms with van der Waals surface area (Å²) in [6.07, 6.45) is 1.45. The zero-order chi connectivity index (χ0) is 23.1. The maximum Gasteiger partial charge on any atom is 0.242 e. The molecule has 1 aliphatic rings. The molecule has 0 aliphatic carbocycles. The Morgan fingerprint density at radius 2 is 1.78 bits per heavy atom. The van der Waals surface area contributed by atoms with Gasteiger partial charge in [-0.1, -0.05) is 61.0 Å². The minimum Gasteiger partial charge on any atom is -0.347 e. The van der Waals surface area contributed by atoms with Gasteiger partial charge in [0.2, 0.25) is 17.7 Å². The quantitative estimate of drug-likeness (QED) is 0.727. The van der Waals surface area contributed by atoms with Crippen LogP contribution in [0, 0.1) is 12.8 Å². The van der Waals surface area contributed by atoms with Crippen LogP contribution < -0.4 is 5.32 Å². The Hall–Kier alpha value is -3.15. The first kappa shape index (κ1) is 23.5. The average molecular weight is 436 g/mol. The van der Waals surface area contributed by atoms with Crippen molar-refractivity contribution in [3.63, 3.8) is 0 Å². The van der Waals surface area contributed by atoms with Gasteiger partial charge in [-0.05, 0) is 36.5 Å². The number of aryl methyl sites for hydroxylation is 1. The highest BCUT2D eigenvalue weighted by molar-refractivity contribution is 5.85. The Bertz CT molecular complexity index is 972. The minimum absolute atomic E-state index is 0.0349. The van der Waals surface area contributed by atoms with E-state index in [1.165, 1.54) is 12.5 Å². The van der Waals surface area contributed by atoms with E-state index in [1.54, 1.807) is 4.90 Å². The Balaban J connectivity index is 1.81. The molecule has 0 unspecified atom stereocenters. The molecule has 2 aromatic carbocycles. The van der Waals surface area contributed by atoms with Gasteiger partial charge in [0.15, 0.2) is 0 Å². The molecule has 1 N–H and O–H groups in total. The Kier molecular flexibility index (Phi) is 8.03. The molecule has 1 fully saturated rings. The number of benzene rings is 2. The van der Waals surface area contributed by atoms with Gasteiger partial charge in [0.1, 0.15) is 0 Å². The number of carbonyl (C=O) groups is 3. The van der Waals surface area contributed by atoms with Gasteiger partial charge in [-0.3, -0.25) is 14.4 Å². The molecule has 0 bridgehead atoms. The Morgan fingerprint density at radius 1 is 1.06 bits per heavy atom. The molecular formula is C26H33N3O3. The monoisotopic (exact) mass is 435 g/mol. The summed E-state index contributed by atoms with van der Waals surface area (Å²) < 4.78 is 0. The fourth-order valence-electron chi connectivity index (χ4n) is 4.21. The van der Waals surface area contributed by atoms with Crippen LogP contribution in [-0.2, 0) is 20.8 Å². The molecule has 1 aliphatic heterocycles. The molecule has 3 amide bonds. The second-order valence-corrected chi connectivity index (χ2v) is 8.55. The highest BCUT2D eigenvalue weighted by Gasteiger charge is 2.32. The molecule has 6 heteroatoms. The molecule has 0 aromatic heterocycles. The highest BCUT2D eigenvalue weighted by atomic mass is 16.2. The molecule has 1 saturated heterocycles. The first-order chi connectivity index (χ1) is 15.4. The largest absolute Gasteiger partial charge is 0.347 e. The standard InChI is InChI=1S/C26H33N3O3/c1-4-11-28-12-13-29(25(31)17-27-20(3)30)18-24(26(28)32)16-21-8-6-10-23(15-21)22-9-5-7-19(2)14-22/h5-10,14-15,24H,4,11-13,16-18H2,1-3H3,(H,27,30)/t24-/m0/s1. The number of amides is 3. The lowest BCUT2D eigenvalue weighted by Gasteiger charge is -2.24. The molecule has 32 heavy (non-hydrogen) atoms. The van der Waals surface area contributed by atoms with E-state index in [0.29, 0.717) is 32.6 Å². The third-order valence-electron chi connectivity index (χ3n) is 5.84. The van der Waals surface area contributed by atoms with Crippen LogP contribution in [-0.4, -0.2) is 60.2 Å². The van der Waals surface area contributed by atoms with Gasteiger partial charge < -0.3 is 15.1 Å². The van der Waals surface area contributed by atoms with E-state index >= 15 is 0 Å². The summed E-state index contributed by atoms with van der Waals surface area (Å²) in [5.74, 6) is -0.591. The van der Waals surface area contributed by atoms with E-state index in [0.717, 1.165) is 23.1 Å². The molecular weight excluding hydrogens is 402 g/mol. The molecule has 2 aromatic rings. The van der Waals surface area contributed by atoms with Crippen LogP contribution >= 0.6 is 0 Å². The van der Waals surface area contributed by atoms with Gasteiger partial charge in [-0.25, -0.2) is 0 Å². The van der Waals surface area contributed by atoms with Crippen LogP contribution in [0.5, 0.6) is 0 Å². The van der Waals surface area contributed by atoms with Crippen molar-refractivity contribution in [3.05, 3.63) is 59.7 Å². The SMILES string of the molecule is CCCN1CCN(C(=O)CNC(C)=O)C[C@H](Cc2cccc(-c3cccc(C)c3)c2)C1=O. The van der Waals surface area contributed by atoms with Crippen molar-refractivity contribution < 1.29 is 14.4 Å². The third-order valence-corrected chi connectivity index (χ3v) is 5.84. The predicted octanol–water partition coefficient (Wildman–Crippen LogP) is 3.04. The summed E-state index contributed by atoms with van der Waals surface area (Å²) >= 11 is 0. The van der Waals surface area contributed by atoms with Gasteiger partial charge in [0.25, 0.3) is 0 Å². The van der Waals surface area contributed by atoms with E-state index < -0.39 is 0 Å². The van der Waals surface area contributed by atoms with Crippen LogP contribution in [0.4, 0.5) is 0 Å². The van der Waals surface area contributed by atoms with Crippen LogP contribution in [0.15, 0.2) is 48.5 Å². The van der Waals surface area contributed by atoms with Gasteiger partial charge in [-0.2, -0.15) is 0 Å². The lowest BCUT2D eigenvalue weighted by atomic mass is 9.94. The zero-order valence-electron chi connectivity index (χ0n) is 19.3. The summed E-state index contributed by atoms with van der Waals surface area (Å²) in [5.41, 5.74) is 4.56. The normalized spacial score (nSPS) is 16.6. The lowest BCUT2D eigenvalue weighted by Crippen LogP contribution is -2.42. The predicted molar refractivity (Wildman–Crippen MR) is 126 cm³/mol. The summed E-state index contributed by atoms with van der Waals surface area (Å²) in [6.45, 7) is 7.56. The average Bonchev–Trinajstić information content (AvgIpc) is 2.92. The van der Waals surface area contributed by atoms with Gasteiger partial charge in [-0.15, -0.1) is 0 Å². The number of nitrogens with one attached hydrogen (secondary N) is 1. The summed E-state index contributed by atoms with van der Waals surface area (Å²) in [5, 5.41) is 2.58. The van der Waals surface area contributed by atoms with Gasteiger partial charge in [0, 0.05) is 33.1 Å². The maximum atomic E-state index is 13.3. The Labute approximate surface area is 190 Å². The van der Waals surface area contributed by atoms with E-state index in [4.69, 9.17) is 0 Å². The number of rotatable bonds is 7. The molecule has 1 heterocycles. The molecule has 0 radical (unpaired) electrons. The molecule has 1 atom stereocenters. The van der Waals surface area contributed by atoms with Crippen molar-refractivity contribution in [1.82, 2.24) is 15.1 Å². The van der Waals surface area contributed by atoms with Crippen molar-refractivity contribution in [2.24, 2.45) is 5.92 Å². The smallest absolute Gasteiger partial charge is 0.242 e. The molecule has 0 spiro atoms. The van der Waals surface area contributed by atoms with E-state index in [2.05, 4.69) is 49.5 Å². The molecule has 0 saturated carbocycles. The van der Waals surface area contributed by atoms with E-state index in [9.17, 15) is 14.4 Å². The summed E-state index contributed by atoms with van der Waals surface area (Å²) in [6, 6.07) is 16.7. The van der Waals surface area contributed by atoms with Crippen LogP contribution in [0.1, 0.15) is 31.4 Å². The Morgan fingerprint density at radius 3 is 2.47 bits per heavy atom. The molecule has 6 nitrogen and oxygen atoms in total. The maximum absolute atomic E-state index is 13.3. The minimum atomic E-state index is -0.307.